The Morgan fingerprint density at radius 2 is 1.93 bits per heavy atom. The number of esters is 1. The van der Waals surface area contributed by atoms with Crippen LogP contribution in [-0.2, 0) is 9.53 Å². The number of nitrogens with zero attached hydrogens (tertiary/aromatic N) is 2. The van der Waals surface area contributed by atoms with Gasteiger partial charge in [0.1, 0.15) is 6.33 Å². The molecule has 0 fully saturated rings. The van der Waals surface area contributed by atoms with Crippen molar-refractivity contribution in [3.63, 3.8) is 0 Å². The van der Waals surface area contributed by atoms with Gasteiger partial charge in [-0.05, 0) is 13.0 Å². The Bertz CT molecular complexity index is 210. The Morgan fingerprint density at radius 3 is 2.07 bits per heavy atom. The molecule has 14 heavy (non-hydrogen) atoms. The summed E-state index contributed by atoms with van der Waals surface area (Å²) in [6.45, 7) is 5.92. The zero-order valence-corrected chi connectivity index (χ0v) is 8.80. The van der Waals surface area contributed by atoms with Gasteiger partial charge in [-0.1, -0.05) is 13.8 Å². The zero-order chi connectivity index (χ0) is 10.8. The molecule has 1 heterocycles. The molecule has 1 rings (SSSR count). The highest BCUT2D eigenvalue weighted by Crippen LogP contribution is 1.93. The third-order valence-electron chi connectivity index (χ3n) is 1.24. The molecule has 0 aliphatic carbocycles. The van der Waals surface area contributed by atoms with Gasteiger partial charge < -0.3 is 4.74 Å². The lowest BCUT2D eigenvalue weighted by Gasteiger charge is -2.01. The van der Waals surface area contributed by atoms with E-state index in [1.54, 1.807) is 25.4 Å². The van der Waals surface area contributed by atoms with Crippen LogP contribution in [0.5, 0.6) is 0 Å². The van der Waals surface area contributed by atoms with Crippen LogP contribution in [0.4, 0.5) is 0 Å². The highest BCUT2D eigenvalue weighted by molar-refractivity contribution is 5.71. The second-order valence-electron chi connectivity index (χ2n) is 2.81. The SMILES string of the molecule is CCOC(=O)C(C)C.c1cncnc1. The molecule has 0 bridgehead atoms. The maximum Gasteiger partial charge on any atom is 0.308 e. The normalized spacial score (nSPS) is 8.86. The lowest BCUT2D eigenvalue weighted by Crippen LogP contribution is -2.10. The van der Waals surface area contributed by atoms with Crippen LogP contribution in [0.1, 0.15) is 20.8 Å². The fourth-order valence-electron chi connectivity index (χ4n) is 0.562. The third kappa shape index (κ3) is 7.21. The average molecular weight is 196 g/mol. The molecule has 78 valence electrons. The number of rotatable bonds is 2. The molecule has 0 radical (unpaired) electrons. The molecule has 4 nitrogen and oxygen atoms in total. The molecule has 0 amide bonds. The molecular formula is C10H16N2O2. The van der Waals surface area contributed by atoms with E-state index in [-0.39, 0.29) is 11.9 Å². The molecular weight excluding hydrogens is 180 g/mol. The molecule has 0 saturated heterocycles. The summed E-state index contributed by atoms with van der Waals surface area (Å²) in [6, 6.07) is 1.78. The van der Waals surface area contributed by atoms with E-state index in [2.05, 4.69) is 14.7 Å². The molecule has 0 N–H and O–H groups in total. The monoisotopic (exact) mass is 196 g/mol. The number of carbonyl (C=O) groups is 1. The Hall–Kier alpha value is -1.45. The summed E-state index contributed by atoms with van der Waals surface area (Å²) in [7, 11) is 0. The fourth-order valence-corrected chi connectivity index (χ4v) is 0.562. The lowest BCUT2D eigenvalue weighted by atomic mass is 10.2. The van der Waals surface area contributed by atoms with Gasteiger partial charge >= 0.3 is 5.97 Å². The van der Waals surface area contributed by atoms with E-state index in [0.29, 0.717) is 6.61 Å². The van der Waals surface area contributed by atoms with Gasteiger partial charge in [0.2, 0.25) is 0 Å². The summed E-state index contributed by atoms with van der Waals surface area (Å²) in [6.07, 6.45) is 4.88. The van der Waals surface area contributed by atoms with Gasteiger partial charge in [0.05, 0.1) is 12.5 Å². The summed E-state index contributed by atoms with van der Waals surface area (Å²) < 4.78 is 4.66. The highest BCUT2D eigenvalue weighted by atomic mass is 16.5. The van der Waals surface area contributed by atoms with Gasteiger partial charge in [0, 0.05) is 12.4 Å². The first-order valence-electron chi connectivity index (χ1n) is 4.55. The Labute approximate surface area is 84.3 Å². The largest absolute Gasteiger partial charge is 0.466 e. The van der Waals surface area contributed by atoms with Crippen LogP contribution in [0.2, 0.25) is 0 Å². The summed E-state index contributed by atoms with van der Waals surface area (Å²) in [5.74, 6) is -0.109. The minimum absolute atomic E-state index is 0.00921. The third-order valence-corrected chi connectivity index (χ3v) is 1.24. The predicted octanol–water partition coefficient (Wildman–Crippen LogP) is 1.68. The van der Waals surface area contributed by atoms with Gasteiger partial charge in [-0.25, -0.2) is 9.97 Å². The maximum absolute atomic E-state index is 10.5. The van der Waals surface area contributed by atoms with E-state index in [4.69, 9.17) is 0 Å². The molecule has 4 heteroatoms. The molecule has 0 atom stereocenters. The number of carbonyl (C=O) groups excluding carboxylic acids is 1. The summed E-state index contributed by atoms with van der Waals surface area (Å²) in [5.41, 5.74) is 0. The summed E-state index contributed by atoms with van der Waals surface area (Å²) >= 11 is 0. The molecule has 1 aromatic heterocycles. The number of hydrogen-bond acceptors (Lipinski definition) is 4. The van der Waals surface area contributed by atoms with E-state index in [1.165, 1.54) is 6.33 Å². The van der Waals surface area contributed by atoms with Crippen molar-refractivity contribution < 1.29 is 9.53 Å². The van der Waals surface area contributed by atoms with Crippen molar-refractivity contribution in [2.45, 2.75) is 20.8 Å². The number of hydrogen-bond donors (Lipinski definition) is 0. The van der Waals surface area contributed by atoms with E-state index in [1.807, 2.05) is 13.8 Å². The molecule has 0 saturated carbocycles. The van der Waals surface area contributed by atoms with Crippen molar-refractivity contribution in [1.29, 1.82) is 0 Å². The van der Waals surface area contributed by atoms with E-state index in [0.717, 1.165) is 0 Å². The summed E-state index contributed by atoms with van der Waals surface area (Å²) in [4.78, 5) is 17.9. The van der Waals surface area contributed by atoms with Crippen LogP contribution in [-0.4, -0.2) is 22.5 Å². The number of aromatic nitrogens is 2. The Kier molecular flexibility index (Phi) is 7.32. The summed E-state index contributed by atoms with van der Waals surface area (Å²) in [5, 5.41) is 0. The van der Waals surface area contributed by atoms with Crippen molar-refractivity contribution in [3.8, 4) is 0 Å². The van der Waals surface area contributed by atoms with Crippen LogP contribution >= 0.6 is 0 Å². The molecule has 0 aromatic carbocycles. The first-order valence-corrected chi connectivity index (χ1v) is 4.55. The van der Waals surface area contributed by atoms with Gasteiger partial charge in [0.25, 0.3) is 0 Å². The van der Waals surface area contributed by atoms with E-state index < -0.39 is 0 Å². The van der Waals surface area contributed by atoms with Gasteiger partial charge in [-0.2, -0.15) is 0 Å². The second kappa shape index (κ2) is 8.16. The first-order chi connectivity index (χ1) is 6.68. The smallest absolute Gasteiger partial charge is 0.308 e. The van der Waals surface area contributed by atoms with E-state index in [9.17, 15) is 4.79 Å². The Balaban J connectivity index is 0.000000249. The quantitative estimate of drug-likeness (QED) is 0.675. The minimum atomic E-state index is -0.118. The van der Waals surface area contributed by atoms with Gasteiger partial charge in [-0.3, -0.25) is 4.79 Å². The fraction of sp³-hybridized carbons (Fsp3) is 0.500. The van der Waals surface area contributed by atoms with Crippen molar-refractivity contribution in [1.82, 2.24) is 9.97 Å². The highest BCUT2D eigenvalue weighted by Gasteiger charge is 2.04. The van der Waals surface area contributed by atoms with Crippen molar-refractivity contribution in [2.24, 2.45) is 5.92 Å². The lowest BCUT2D eigenvalue weighted by molar-refractivity contribution is -0.146. The number of ether oxygens (including phenoxy) is 1. The predicted molar refractivity (Wildman–Crippen MR) is 53.5 cm³/mol. The standard InChI is InChI=1S/C6H12O2.C4H4N2/c1-4-8-6(7)5(2)3;1-2-5-4-6-3-1/h5H,4H2,1-3H3;1-4H. The van der Waals surface area contributed by atoms with Crippen LogP contribution in [0.15, 0.2) is 24.8 Å². The zero-order valence-electron chi connectivity index (χ0n) is 8.80. The van der Waals surface area contributed by atoms with Gasteiger partial charge in [-0.15, -0.1) is 0 Å². The average Bonchev–Trinajstić information content (AvgIpc) is 2.21. The van der Waals surface area contributed by atoms with Gasteiger partial charge in [0.15, 0.2) is 0 Å². The first kappa shape index (κ1) is 12.6. The molecule has 0 spiro atoms. The minimum Gasteiger partial charge on any atom is -0.466 e. The molecule has 0 unspecified atom stereocenters. The molecule has 0 aliphatic heterocycles. The van der Waals surface area contributed by atoms with Crippen molar-refractivity contribution in [2.75, 3.05) is 6.61 Å². The molecule has 0 aliphatic rings. The van der Waals surface area contributed by atoms with Crippen LogP contribution in [0.3, 0.4) is 0 Å². The molecule has 1 aromatic rings. The van der Waals surface area contributed by atoms with Crippen LogP contribution in [0, 0.1) is 5.92 Å². The second-order valence-corrected chi connectivity index (χ2v) is 2.81. The van der Waals surface area contributed by atoms with Crippen LogP contribution < -0.4 is 0 Å². The Morgan fingerprint density at radius 1 is 1.36 bits per heavy atom. The van der Waals surface area contributed by atoms with Crippen LogP contribution in [0.25, 0.3) is 0 Å². The topological polar surface area (TPSA) is 52.1 Å². The maximum atomic E-state index is 10.5. The van der Waals surface area contributed by atoms with E-state index >= 15 is 0 Å². The van der Waals surface area contributed by atoms with Crippen molar-refractivity contribution >= 4 is 5.97 Å². The van der Waals surface area contributed by atoms with Crippen molar-refractivity contribution in [3.05, 3.63) is 24.8 Å².